The number of benzene rings is 1. The molecule has 1 aromatic rings. The normalized spacial score (nSPS) is 11.4. The van der Waals surface area contributed by atoms with E-state index in [0.29, 0.717) is 19.0 Å². The lowest BCUT2D eigenvalue weighted by atomic mass is 10.1. The largest absolute Gasteiger partial charge is 0.491 e. The summed E-state index contributed by atoms with van der Waals surface area (Å²) in [5.74, 6) is -8.25. The predicted molar refractivity (Wildman–Crippen MR) is 97.5 cm³/mol. The van der Waals surface area contributed by atoms with Crippen LogP contribution in [-0.2, 0) is 9.59 Å². The highest BCUT2D eigenvalue weighted by Gasteiger charge is 2.44. The van der Waals surface area contributed by atoms with Gasteiger partial charge in [0.25, 0.3) is 0 Å². The van der Waals surface area contributed by atoms with E-state index < -0.39 is 53.3 Å². The fraction of sp³-hybridized carbons (Fsp3) is 0.412. The number of halogens is 6. The molecule has 0 aliphatic heterocycles. The molecular weight excluding hydrogens is 454 g/mol. The van der Waals surface area contributed by atoms with Gasteiger partial charge in [0.05, 0.1) is 5.69 Å². The maximum absolute atomic E-state index is 12.6. The summed E-state index contributed by atoms with van der Waals surface area (Å²) in [7, 11) is 0. The Labute approximate surface area is 176 Å². The monoisotopic (exact) mass is 472 g/mol. The molecule has 1 aromatic carbocycles. The summed E-state index contributed by atoms with van der Waals surface area (Å²) in [6, 6.07) is -0.357. The Morgan fingerprint density at radius 3 is 2.03 bits per heavy atom. The van der Waals surface area contributed by atoms with Gasteiger partial charge in [-0.15, -0.1) is 0 Å². The fourth-order valence-electron chi connectivity index (χ4n) is 2.18. The van der Waals surface area contributed by atoms with E-state index in [9.17, 15) is 40.7 Å². The number of hydrogen-bond acceptors (Lipinski definition) is 6. The van der Waals surface area contributed by atoms with Gasteiger partial charge < -0.3 is 20.1 Å². The standard InChI is InChI=1S/C17H18F6N4O5/c1-4-5-25-14(24)27-15(30)26-10-7(2)6-9(31-12(28)16(18,19)20)11(8(10)3)32-13(29)17(21,22)23/h6H,4-5H2,1-3H3,(H4,24,25,26,27,30). The number of alkyl halides is 6. The average Bonchev–Trinajstić information content (AvgIpc) is 2.64. The van der Waals surface area contributed by atoms with Crippen molar-refractivity contribution in [3.8, 4) is 11.5 Å². The fourth-order valence-corrected chi connectivity index (χ4v) is 2.18. The summed E-state index contributed by atoms with van der Waals surface area (Å²) in [6.07, 6.45) is -10.4. The maximum atomic E-state index is 12.6. The van der Waals surface area contributed by atoms with Gasteiger partial charge in [-0.05, 0) is 31.9 Å². The minimum Gasteiger partial charge on any atom is -0.416 e. The molecule has 15 heteroatoms. The molecule has 0 unspecified atom stereocenters. The molecule has 32 heavy (non-hydrogen) atoms. The van der Waals surface area contributed by atoms with E-state index in [0.717, 1.165) is 6.92 Å². The number of esters is 2. The topological polar surface area (TPSA) is 130 Å². The summed E-state index contributed by atoms with van der Waals surface area (Å²) in [5, 5.41) is 14.3. The van der Waals surface area contributed by atoms with Crippen LogP contribution in [0.3, 0.4) is 0 Å². The second-order valence-electron chi connectivity index (χ2n) is 6.18. The van der Waals surface area contributed by atoms with E-state index in [2.05, 4.69) is 25.4 Å². The molecule has 2 amide bonds. The van der Waals surface area contributed by atoms with Gasteiger partial charge in [-0.25, -0.2) is 14.4 Å². The van der Waals surface area contributed by atoms with E-state index in [4.69, 9.17) is 5.41 Å². The van der Waals surface area contributed by atoms with E-state index in [1.165, 1.54) is 6.92 Å². The lowest BCUT2D eigenvalue weighted by molar-refractivity contribution is -0.191. The van der Waals surface area contributed by atoms with Gasteiger partial charge in [0.15, 0.2) is 17.5 Å². The molecule has 0 saturated carbocycles. The zero-order chi connectivity index (χ0) is 24.9. The van der Waals surface area contributed by atoms with Crippen molar-refractivity contribution in [1.82, 2.24) is 10.6 Å². The minimum atomic E-state index is -5.52. The number of carbonyl (C=O) groups excluding carboxylic acids is 3. The molecule has 9 nitrogen and oxygen atoms in total. The molecule has 0 aromatic heterocycles. The van der Waals surface area contributed by atoms with Crippen LogP contribution in [0.4, 0.5) is 36.8 Å². The molecule has 0 saturated heterocycles. The van der Waals surface area contributed by atoms with Crippen molar-refractivity contribution in [2.24, 2.45) is 0 Å². The molecule has 0 atom stereocenters. The second-order valence-corrected chi connectivity index (χ2v) is 6.18. The van der Waals surface area contributed by atoms with Gasteiger partial charge in [-0.2, -0.15) is 26.3 Å². The van der Waals surface area contributed by atoms with Crippen molar-refractivity contribution >= 4 is 29.6 Å². The highest BCUT2D eigenvalue weighted by molar-refractivity contribution is 6.02. The van der Waals surface area contributed by atoms with Crippen LogP contribution in [0.5, 0.6) is 11.5 Å². The Morgan fingerprint density at radius 2 is 1.53 bits per heavy atom. The number of ether oxygens (including phenoxy) is 2. The van der Waals surface area contributed by atoms with Crippen LogP contribution in [0.15, 0.2) is 6.07 Å². The Kier molecular flexibility index (Phi) is 8.45. The van der Waals surface area contributed by atoms with E-state index >= 15 is 0 Å². The number of hydrogen-bond donors (Lipinski definition) is 4. The van der Waals surface area contributed by atoms with Crippen molar-refractivity contribution in [1.29, 1.82) is 5.41 Å². The van der Waals surface area contributed by atoms with Crippen molar-refractivity contribution in [3.63, 3.8) is 0 Å². The van der Waals surface area contributed by atoms with Gasteiger partial charge in [-0.3, -0.25) is 10.7 Å². The first kappa shape index (κ1) is 26.5. The first-order valence-corrected chi connectivity index (χ1v) is 8.70. The predicted octanol–water partition coefficient (Wildman–Crippen LogP) is 3.29. The first-order valence-electron chi connectivity index (χ1n) is 8.70. The first-order chi connectivity index (χ1) is 14.6. The highest BCUT2D eigenvalue weighted by atomic mass is 19.4. The zero-order valence-corrected chi connectivity index (χ0v) is 16.8. The summed E-state index contributed by atoms with van der Waals surface area (Å²) in [4.78, 5) is 34.4. The number of aryl methyl sites for hydroxylation is 1. The zero-order valence-electron chi connectivity index (χ0n) is 16.8. The van der Waals surface area contributed by atoms with Crippen LogP contribution in [-0.4, -0.2) is 42.8 Å². The van der Waals surface area contributed by atoms with Crippen molar-refractivity contribution < 1.29 is 50.2 Å². The van der Waals surface area contributed by atoms with Crippen LogP contribution >= 0.6 is 0 Å². The Bertz CT molecular complexity index is 914. The molecule has 0 fully saturated rings. The number of urea groups is 1. The number of nitrogens with one attached hydrogen (secondary N) is 4. The summed E-state index contributed by atoms with van der Waals surface area (Å²) < 4.78 is 83.6. The smallest absolute Gasteiger partial charge is 0.416 e. The van der Waals surface area contributed by atoms with E-state index in [1.54, 1.807) is 6.92 Å². The maximum Gasteiger partial charge on any atom is 0.491 e. The van der Waals surface area contributed by atoms with Crippen molar-refractivity contribution in [2.75, 3.05) is 11.9 Å². The molecule has 0 bridgehead atoms. The Hall–Kier alpha value is -3.52. The molecule has 4 N–H and O–H groups in total. The molecule has 0 radical (unpaired) electrons. The number of amides is 2. The molecule has 0 aliphatic rings. The van der Waals surface area contributed by atoms with Crippen molar-refractivity contribution in [3.05, 3.63) is 17.2 Å². The number of carbonyl (C=O) groups is 3. The van der Waals surface area contributed by atoms with Gasteiger partial charge in [0.1, 0.15) is 0 Å². The van der Waals surface area contributed by atoms with Gasteiger partial charge >= 0.3 is 30.3 Å². The lowest BCUT2D eigenvalue weighted by Gasteiger charge is -2.19. The SMILES string of the molecule is CCCNC(=N)NC(=O)Nc1c(C)cc(OC(=O)C(F)(F)F)c(OC(=O)C(F)(F)F)c1C. The molecule has 178 valence electrons. The quantitative estimate of drug-likeness (QED) is 0.171. The minimum absolute atomic E-state index is 0.0533. The number of rotatable bonds is 5. The number of anilines is 1. The van der Waals surface area contributed by atoms with Crippen LogP contribution < -0.4 is 25.4 Å². The van der Waals surface area contributed by atoms with E-state index in [1.807, 2.05) is 0 Å². The summed E-state index contributed by atoms with van der Waals surface area (Å²) >= 11 is 0. The third-order valence-corrected chi connectivity index (χ3v) is 3.57. The van der Waals surface area contributed by atoms with Gasteiger partial charge in [0, 0.05) is 12.1 Å². The molecule has 0 aliphatic carbocycles. The molecule has 1 rings (SSSR count). The van der Waals surface area contributed by atoms with Crippen LogP contribution in [0.2, 0.25) is 0 Å². The van der Waals surface area contributed by atoms with Crippen LogP contribution in [0.1, 0.15) is 24.5 Å². The van der Waals surface area contributed by atoms with Crippen LogP contribution in [0, 0.1) is 19.3 Å². The summed E-state index contributed by atoms with van der Waals surface area (Å²) in [6.45, 7) is 4.38. The van der Waals surface area contributed by atoms with Crippen molar-refractivity contribution in [2.45, 2.75) is 39.5 Å². The number of guanidine groups is 1. The summed E-state index contributed by atoms with van der Waals surface area (Å²) in [5.41, 5.74) is -0.763. The van der Waals surface area contributed by atoms with Gasteiger partial charge in [-0.1, -0.05) is 6.92 Å². The molecule has 0 spiro atoms. The molecular formula is C17H18F6N4O5. The average molecular weight is 472 g/mol. The van der Waals surface area contributed by atoms with Crippen LogP contribution in [0.25, 0.3) is 0 Å². The highest BCUT2D eigenvalue weighted by Crippen LogP contribution is 2.40. The lowest BCUT2D eigenvalue weighted by Crippen LogP contribution is -2.42. The second kappa shape index (κ2) is 10.2. The van der Waals surface area contributed by atoms with E-state index in [-0.39, 0.29) is 11.3 Å². The third kappa shape index (κ3) is 7.31. The Morgan fingerprint density at radius 1 is 1.00 bits per heavy atom. The van der Waals surface area contributed by atoms with Gasteiger partial charge in [0.2, 0.25) is 0 Å². The Balaban J connectivity index is 3.35. The third-order valence-electron chi connectivity index (χ3n) is 3.57. The molecule has 0 heterocycles.